The highest BCUT2D eigenvalue weighted by Crippen LogP contribution is 2.20. The molecule has 0 saturated heterocycles. The maximum absolute atomic E-state index is 12.9. The van der Waals surface area contributed by atoms with Crippen molar-refractivity contribution in [3.8, 4) is 0 Å². The summed E-state index contributed by atoms with van der Waals surface area (Å²) in [5.41, 5.74) is 7.48. The van der Waals surface area contributed by atoms with E-state index in [2.05, 4.69) is 18.7 Å². The summed E-state index contributed by atoms with van der Waals surface area (Å²) in [5.74, 6) is -0.221. The monoisotopic (exact) mass is 196 g/mol. The van der Waals surface area contributed by atoms with Gasteiger partial charge in [-0.1, -0.05) is 0 Å². The zero-order valence-electron chi connectivity index (χ0n) is 8.76. The average molecular weight is 196 g/mol. The van der Waals surface area contributed by atoms with Crippen molar-refractivity contribution in [2.45, 2.75) is 20.4 Å². The second kappa shape index (κ2) is 4.96. The molecule has 1 rings (SSSR count). The lowest BCUT2D eigenvalue weighted by Crippen LogP contribution is -2.23. The van der Waals surface area contributed by atoms with Crippen molar-refractivity contribution in [1.29, 1.82) is 0 Å². The van der Waals surface area contributed by atoms with Crippen molar-refractivity contribution >= 4 is 5.69 Å². The van der Waals surface area contributed by atoms with Crippen molar-refractivity contribution in [3.63, 3.8) is 0 Å². The lowest BCUT2D eigenvalue weighted by atomic mass is 10.1. The van der Waals surface area contributed by atoms with Crippen molar-refractivity contribution < 1.29 is 4.39 Å². The molecule has 1 aromatic carbocycles. The summed E-state index contributed by atoms with van der Waals surface area (Å²) in [6.45, 7) is 6.36. The van der Waals surface area contributed by atoms with E-state index in [1.165, 1.54) is 12.1 Å². The normalized spacial score (nSPS) is 10.3. The summed E-state index contributed by atoms with van der Waals surface area (Å²) >= 11 is 0. The van der Waals surface area contributed by atoms with E-state index < -0.39 is 0 Å². The Morgan fingerprint density at radius 1 is 1.29 bits per heavy atom. The van der Waals surface area contributed by atoms with E-state index >= 15 is 0 Å². The summed E-state index contributed by atoms with van der Waals surface area (Å²) in [6, 6.07) is 4.78. The van der Waals surface area contributed by atoms with Crippen LogP contribution >= 0.6 is 0 Å². The van der Waals surface area contributed by atoms with Gasteiger partial charge in [0.15, 0.2) is 0 Å². The van der Waals surface area contributed by atoms with Crippen molar-refractivity contribution in [3.05, 3.63) is 29.6 Å². The van der Waals surface area contributed by atoms with E-state index in [9.17, 15) is 4.39 Å². The highest BCUT2D eigenvalue weighted by atomic mass is 19.1. The summed E-state index contributed by atoms with van der Waals surface area (Å²) in [4.78, 5) is 2.17. The minimum atomic E-state index is -0.221. The third-order valence-corrected chi connectivity index (χ3v) is 2.37. The van der Waals surface area contributed by atoms with Gasteiger partial charge in [0.05, 0.1) is 0 Å². The molecule has 0 amide bonds. The van der Waals surface area contributed by atoms with Gasteiger partial charge in [0, 0.05) is 25.3 Å². The number of nitrogens with two attached hydrogens (primary N) is 1. The fourth-order valence-electron chi connectivity index (χ4n) is 1.59. The molecule has 0 aromatic heterocycles. The minimum Gasteiger partial charge on any atom is -0.372 e. The molecular weight excluding hydrogens is 179 g/mol. The molecule has 0 bridgehead atoms. The van der Waals surface area contributed by atoms with Gasteiger partial charge in [-0.2, -0.15) is 0 Å². The van der Waals surface area contributed by atoms with Crippen molar-refractivity contribution in [2.24, 2.45) is 5.73 Å². The molecule has 0 atom stereocenters. The molecule has 0 spiro atoms. The van der Waals surface area contributed by atoms with E-state index in [0.29, 0.717) is 6.54 Å². The van der Waals surface area contributed by atoms with Crippen LogP contribution in [0.3, 0.4) is 0 Å². The summed E-state index contributed by atoms with van der Waals surface area (Å²) in [6.07, 6.45) is 0. The van der Waals surface area contributed by atoms with E-state index in [1.54, 1.807) is 6.07 Å². The van der Waals surface area contributed by atoms with Crippen LogP contribution in [-0.2, 0) is 6.54 Å². The van der Waals surface area contributed by atoms with Crippen LogP contribution < -0.4 is 10.6 Å². The Kier molecular flexibility index (Phi) is 3.89. The maximum atomic E-state index is 12.9. The summed E-state index contributed by atoms with van der Waals surface area (Å²) < 4.78 is 12.9. The van der Waals surface area contributed by atoms with E-state index in [4.69, 9.17) is 5.73 Å². The van der Waals surface area contributed by atoms with Crippen LogP contribution in [0.1, 0.15) is 19.4 Å². The second-order valence-electron chi connectivity index (χ2n) is 3.15. The zero-order chi connectivity index (χ0) is 10.6. The molecule has 2 N–H and O–H groups in total. The molecule has 0 unspecified atom stereocenters. The second-order valence-corrected chi connectivity index (χ2v) is 3.15. The van der Waals surface area contributed by atoms with Crippen LogP contribution in [-0.4, -0.2) is 13.1 Å². The molecule has 0 aliphatic heterocycles. The van der Waals surface area contributed by atoms with Gasteiger partial charge >= 0.3 is 0 Å². The predicted molar refractivity (Wildman–Crippen MR) is 57.9 cm³/mol. The average Bonchev–Trinajstić information content (AvgIpc) is 2.21. The topological polar surface area (TPSA) is 29.3 Å². The molecule has 0 aliphatic rings. The van der Waals surface area contributed by atoms with Crippen LogP contribution in [0.15, 0.2) is 18.2 Å². The van der Waals surface area contributed by atoms with Gasteiger partial charge in [-0.25, -0.2) is 4.39 Å². The fourth-order valence-corrected chi connectivity index (χ4v) is 1.59. The third-order valence-electron chi connectivity index (χ3n) is 2.37. The highest BCUT2D eigenvalue weighted by molar-refractivity contribution is 5.53. The third kappa shape index (κ3) is 2.23. The van der Waals surface area contributed by atoms with Gasteiger partial charge in [-0.3, -0.25) is 0 Å². The lowest BCUT2D eigenvalue weighted by molar-refractivity contribution is 0.625. The Bertz CT molecular complexity index is 295. The molecule has 14 heavy (non-hydrogen) atoms. The molecule has 0 radical (unpaired) electrons. The molecule has 0 aliphatic carbocycles. The number of anilines is 1. The Labute approximate surface area is 84.5 Å². The van der Waals surface area contributed by atoms with Gasteiger partial charge in [0.25, 0.3) is 0 Å². The van der Waals surface area contributed by atoms with Gasteiger partial charge in [0.2, 0.25) is 0 Å². The largest absolute Gasteiger partial charge is 0.372 e. The molecular formula is C11H17FN2. The number of hydrogen-bond donors (Lipinski definition) is 1. The Morgan fingerprint density at radius 3 is 2.43 bits per heavy atom. The van der Waals surface area contributed by atoms with Crippen molar-refractivity contribution in [2.75, 3.05) is 18.0 Å². The maximum Gasteiger partial charge on any atom is 0.123 e. The molecule has 0 saturated carbocycles. The van der Waals surface area contributed by atoms with Gasteiger partial charge in [0.1, 0.15) is 5.82 Å². The lowest BCUT2D eigenvalue weighted by Gasteiger charge is -2.23. The number of nitrogens with zero attached hydrogens (tertiary/aromatic N) is 1. The zero-order valence-corrected chi connectivity index (χ0v) is 8.76. The van der Waals surface area contributed by atoms with E-state index in [0.717, 1.165) is 24.3 Å². The Hall–Kier alpha value is -1.09. The fraction of sp³-hybridized carbons (Fsp3) is 0.455. The minimum absolute atomic E-state index is 0.221. The first-order valence-electron chi connectivity index (χ1n) is 4.96. The Balaban J connectivity index is 3.06. The van der Waals surface area contributed by atoms with Gasteiger partial charge in [-0.05, 0) is 37.6 Å². The SMILES string of the molecule is CCN(CC)c1ccc(F)cc1CN. The van der Waals surface area contributed by atoms with Crippen molar-refractivity contribution in [1.82, 2.24) is 0 Å². The molecule has 78 valence electrons. The smallest absolute Gasteiger partial charge is 0.123 e. The van der Waals surface area contributed by atoms with E-state index in [1.807, 2.05) is 0 Å². The van der Waals surface area contributed by atoms with Gasteiger partial charge in [-0.15, -0.1) is 0 Å². The quantitative estimate of drug-likeness (QED) is 0.799. The predicted octanol–water partition coefficient (Wildman–Crippen LogP) is 2.13. The molecule has 3 heteroatoms. The summed E-state index contributed by atoms with van der Waals surface area (Å²) in [7, 11) is 0. The van der Waals surface area contributed by atoms with E-state index in [-0.39, 0.29) is 5.82 Å². The number of hydrogen-bond acceptors (Lipinski definition) is 2. The molecule has 1 aromatic rings. The first-order valence-corrected chi connectivity index (χ1v) is 4.96. The first kappa shape index (κ1) is 11.0. The Morgan fingerprint density at radius 2 is 1.93 bits per heavy atom. The van der Waals surface area contributed by atoms with Gasteiger partial charge < -0.3 is 10.6 Å². The van der Waals surface area contributed by atoms with Crippen LogP contribution in [0.4, 0.5) is 10.1 Å². The molecule has 0 heterocycles. The summed E-state index contributed by atoms with van der Waals surface area (Å²) in [5, 5.41) is 0. The number of rotatable bonds is 4. The van der Waals surface area contributed by atoms with Crippen LogP contribution in [0.2, 0.25) is 0 Å². The number of benzene rings is 1. The van der Waals surface area contributed by atoms with Crippen LogP contribution in [0.5, 0.6) is 0 Å². The molecule has 2 nitrogen and oxygen atoms in total. The number of halogens is 1. The first-order chi connectivity index (χ1) is 6.72. The van der Waals surface area contributed by atoms with Crippen LogP contribution in [0.25, 0.3) is 0 Å². The standard InChI is InChI=1S/C11H17FN2/c1-3-14(4-2)11-6-5-10(12)7-9(11)8-13/h5-7H,3-4,8,13H2,1-2H3. The highest BCUT2D eigenvalue weighted by Gasteiger charge is 2.07. The molecule has 0 fully saturated rings. The van der Waals surface area contributed by atoms with Crippen LogP contribution in [0, 0.1) is 5.82 Å².